The number of nitrogens with zero attached hydrogens (tertiary/aromatic N) is 2. The van der Waals surface area contributed by atoms with Gasteiger partial charge in [0.05, 0.1) is 19.1 Å². The van der Waals surface area contributed by atoms with Gasteiger partial charge in [-0.05, 0) is 48.7 Å². The summed E-state index contributed by atoms with van der Waals surface area (Å²) in [6.07, 6.45) is 1.73. The predicted octanol–water partition coefficient (Wildman–Crippen LogP) is 4.39. The lowest BCUT2D eigenvalue weighted by atomic mass is 9.98. The number of carbonyl (C=O) groups excluding carboxylic acids is 1. The molecule has 128 valence electrons. The number of methoxy groups -OCH3 is 1. The number of hydrogen-bond acceptors (Lipinski definition) is 3. The molecule has 1 aliphatic rings. The molecule has 1 fully saturated rings. The summed E-state index contributed by atoms with van der Waals surface area (Å²) < 4.78 is 5.41. The zero-order valence-corrected chi connectivity index (χ0v) is 14.8. The number of likely N-dealkylation sites (tertiary alicyclic amines) is 1. The van der Waals surface area contributed by atoms with Crippen LogP contribution < -0.4 is 4.74 Å². The summed E-state index contributed by atoms with van der Waals surface area (Å²) in [6.45, 7) is 1.20. The molecule has 1 amide bonds. The van der Waals surface area contributed by atoms with Gasteiger partial charge < -0.3 is 9.64 Å². The van der Waals surface area contributed by atoms with Gasteiger partial charge in [-0.15, -0.1) is 0 Å². The molecule has 0 radical (unpaired) electrons. The van der Waals surface area contributed by atoms with Crippen LogP contribution in [0.5, 0.6) is 5.75 Å². The Morgan fingerprint density at radius 1 is 1.32 bits per heavy atom. The van der Waals surface area contributed by atoms with E-state index in [9.17, 15) is 4.79 Å². The smallest absolute Gasteiger partial charge is 0.253 e. The van der Waals surface area contributed by atoms with Crippen molar-refractivity contribution < 1.29 is 9.53 Å². The summed E-state index contributed by atoms with van der Waals surface area (Å²) in [4.78, 5) is 14.6. The highest BCUT2D eigenvalue weighted by atomic mass is 35.5. The van der Waals surface area contributed by atoms with E-state index < -0.39 is 0 Å². The molecule has 0 N–H and O–H groups in total. The lowest BCUT2D eigenvalue weighted by molar-refractivity contribution is 0.0699. The van der Waals surface area contributed by atoms with Crippen LogP contribution in [0.2, 0.25) is 5.02 Å². The van der Waals surface area contributed by atoms with Crippen molar-refractivity contribution >= 4 is 17.5 Å². The number of amides is 1. The Hall–Kier alpha value is -2.51. The van der Waals surface area contributed by atoms with Crippen LogP contribution in [-0.4, -0.2) is 31.0 Å². The fourth-order valence-corrected chi connectivity index (χ4v) is 3.35. The monoisotopic (exact) mass is 354 g/mol. The summed E-state index contributed by atoms with van der Waals surface area (Å²) in [6, 6.07) is 15.1. The summed E-state index contributed by atoms with van der Waals surface area (Å²) in [7, 11) is 1.61. The molecule has 25 heavy (non-hydrogen) atoms. The van der Waals surface area contributed by atoms with Gasteiger partial charge in [0.1, 0.15) is 5.75 Å². The maximum atomic E-state index is 12.8. The van der Waals surface area contributed by atoms with Crippen molar-refractivity contribution in [2.75, 3.05) is 20.2 Å². The first kappa shape index (κ1) is 17.3. The fraction of sp³-hybridized carbons (Fsp3) is 0.300. The van der Waals surface area contributed by atoms with Gasteiger partial charge in [0.15, 0.2) is 0 Å². The van der Waals surface area contributed by atoms with Crippen molar-refractivity contribution in [2.24, 2.45) is 5.92 Å². The lowest BCUT2D eigenvalue weighted by Crippen LogP contribution is -2.39. The molecule has 0 spiro atoms. The Labute approximate surface area is 152 Å². The van der Waals surface area contributed by atoms with Crippen LogP contribution in [0.3, 0.4) is 0 Å². The van der Waals surface area contributed by atoms with Crippen LogP contribution in [0.1, 0.15) is 23.2 Å². The Balaban J connectivity index is 1.91. The molecule has 2 aromatic rings. The summed E-state index contributed by atoms with van der Waals surface area (Å²) in [5, 5.41) is 9.73. The van der Waals surface area contributed by atoms with Crippen LogP contribution in [0.15, 0.2) is 42.5 Å². The molecule has 2 aromatic carbocycles. The molecule has 1 unspecified atom stereocenters. The molecule has 4 nitrogen and oxygen atoms in total. The largest absolute Gasteiger partial charge is 0.496 e. The molecule has 5 heteroatoms. The van der Waals surface area contributed by atoms with Gasteiger partial charge in [0.25, 0.3) is 5.91 Å². The molecule has 1 heterocycles. The average molecular weight is 355 g/mol. The van der Waals surface area contributed by atoms with Crippen molar-refractivity contribution in [1.82, 2.24) is 4.90 Å². The maximum Gasteiger partial charge on any atom is 0.253 e. The van der Waals surface area contributed by atoms with Crippen LogP contribution in [0.25, 0.3) is 11.1 Å². The second kappa shape index (κ2) is 7.58. The molecular weight excluding hydrogens is 336 g/mol. The van der Waals surface area contributed by atoms with Crippen molar-refractivity contribution in [3.8, 4) is 22.9 Å². The minimum Gasteiger partial charge on any atom is -0.496 e. The fourth-order valence-electron chi connectivity index (χ4n) is 3.18. The third-order valence-electron chi connectivity index (χ3n) is 4.47. The zero-order valence-electron chi connectivity index (χ0n) is 14.0. The first-order valence-corrected chi connectivity index (χ1v) is 8.63. The summed E-state index contributed by atoms with van der Waals surface area (Å²) in [5.41, 5.74) is 2.33. The number of rotatable bonds is 3. The van der Waals surface area contributed by atoms with E-state index >= 15 is 0 Å². The van der Waals surface area contributed by atoms with E-state index in [0.717, 1.165) is 24.0 Å². The third kappa shape index (κ3) is 3.78. The molecule has 0 bridgehead atoms. The van der Waals surface area contributed by atoms with Crippen LogP contribution in [0.4, 0.5) is 0 Å². The van der Waals surface area contributed by atoms with Gasteiger partial charge in [0, 0.05) is 29.2 Å². The number of carbonyl (C=O) groups is 1. The predicted molar refractivity (Wildman–Crippen MR) is 97.7 cm³/mol. The van der Waals surface area contributed by atoms with Gasteiger partial charge in [-0.2, -0.15) is 5.26 Å². The average Bonchev–Trinajstić information content (AvgIpc) is 2.67. The third-order valence-corrected chi connectivity index (χ3v) is 4.71. The van der Waals surface area contributed by atoms with Crippen LogP contribution in [-0.2, 0) is 0 Å². The highest BCUT2D eigenvalue weighted by molar-refractivity contribution is 6.31. The van der Waals surface area contributed by atoms with E-state index in [0.29, 0.717) is 29.4 Å². The number of halogens is 1. The molecule has 1 atom stereocenters. The zero-order chi connectivity index (χ0) is 17.8. The van der Waals surface area contributed by atoms with Crippen molar-refractivity contribution in [2.45, 2.75) is 12.8 Å². The Kier molecular flexibility index (Phi) is 5.25. The van der Waals surface area contributed by atoms with E-state index in [1.807, 2.05) is 30.3 Å². The first-order valence-electron chi connectivity index (χ1n) is 8.25. The number of piperidine rings is 1. The lowest BCUT2D eigenvalue weighted by Gasteiger charge is -2.29. The highest BCUT2D eigenvalue weighted by Gasteiger charge is 2.24. The van der Waals surface area contributed by atoms with Crippen LogP contribution >= 0.6 is 11.6 Å². The molecule has 1 saturated heterocycles. The molecule has 0 aromatic heterocycles. The van der Waals surface area contributed by atoms with Crippen molar-refractivity contribution in [1.29, 1.82) is 5.26 Å². The maximum absolute atomic E-state index is 12.8. The Morgan fingerprint density at radius 2 is 2.16 bits per heavy atom. The summed E-state index contributed by atoms with van der Waals surface area (Å²) in [5.74, 6) is 0.591. The Morgan fingerprint density at radius 3 is 2.92 bits per heavy atom. The first-order chi connectivity index (χ1) is 12.1. The standard InChI is InChI=1S/C20H19ClN2O2/c1-25-19-8-7-17(21)11-18(19)15-5-2-6-16(10-15)20(24)23-9-3-4-14(12-22)13-23/h2,5-8,10-11,14H,3-4,9,13H2,1H3. The minimum absolute atomic E-state index is 0.0391. The molecule has 3 rings (SSSR count). The van der Waals surface area contributed by atoms with Gasteiger partial charge in [-0.3, -0.25) is 4.79 Å². The molecule has 1 aliphatic heterocycles. The van der Waals surface area contributed by atoms with Crippen molar-refractivity contribution in [3.05, 3.63) is 53.1 Å². The highest BCUT2D eigenvalue weighted by Crippen LogP contribution is 2.33. The van der Waals surface area contributed by atoms with Gasteiger partial charge in [-0.25, -0.2) is 0 Å². The normalized spacial score (nSPS) is 17.0. The number of hydrogen-bond donors (Lipinski definition) is 0. The van der Waals surface area contributed by atoms with E-state index in [2.05, 4.69) is 6.07 Å². The second-order valence-electron chi connectivity index (χ2n) is 6.14. The van der Waals surface area contributed by atoms with E-state index in [1.54, 1.807) is 24.1 Å². The van der Waals surface area contributed by atoms with Crippen LogP contribution in [0, 0.1) is 17.2 Å². The minimum atomic E-state index is -0.0751. The second-order valence-corrected chi connectivity index (χ2v) is 6.58. The van der Waals surface area contributed by atoms with E-state index in [4.69, 9.17) is 21.6 Å². The van der Waals surface area contributed by atoms with Gasteiger partial charge in [0.2, 0.25) is 0 Å². The molecule has 0 saturated carbocycles. The summed E-state index contributed by atoms with van der Waals surface area (Å²) >= 11 is 6.12. The quantitative estimate of drug-likeness (QED) is 0.821. The van der Waals surface area contributed by atoms with Crippen molar-refractivity contribution in [3.63, 3.8) is 0 Å². The van der Waals surface area contributed by atoms with E-state index in [-0.39, 0.29) is 11.8 Å². The molecule has 0 aliphatic carbocycles. The SMILES string of the molecule is COc1ccc(Cl)cc1-c1cccc(C(=O)N2CCCC(C#N)C2)c1. The number of ether oxygens (including phenoxy) is 1. The number of nitriles is 1. The molecular formula is C20H19ClN2O2. The van der Waals surface area contributed by atoms with Gasteiger partial charge >= 0.3 is 0 Å². The topological polar surface area (TPSA) is 53.3 Å². The van der Waals surface area contributed by atoms with Gasteiger partial charge in [-0.1, -0.05) is 23.7 Å². The number of benzene rings is 2. The van der Waals surface area contributed by atoms with E-state index in [1.165, 1.54) is 0 Å². The Bertz CT molecular complexity index is 829.